The molecule has 1 unspecified atom stereocenters. The third kappa shape index (κ3) is 5.92. The van der Waals surface area contributed by atoms with Crippen molar-refractivity contribution in [2.75, 3.05) is 23.9 Å². The molecular weight excluding hydrogens is 558 g/mol. The minimum absolute atomic E-state index is 0.115. The minimum atomic E-state index is -1.02. The molecule has 3 N–H and O–H groups in total. The first-order valence-corrected chi connectivity index (χ1v) is 13.9. The Labute approximate surface area is 249 Å². The summed E-state index contributed by atoms with van der Waals surface area (Å²) in [5, 5.41) is 16.8. The smallest absolute Gasteiger partial charge is 0.415 e. The molecule has 0 aromatic heterocycles. The highest BCUT2D eigenvalue weighted by molar-refractivity contribution is 6.31. The molecule has 0 saturated carbocycles. The number of aromatic hydroxyl groups is 1. The maximum atomic E-state index is 13.9. The topological polar surface area (TPSA) is 117 Å². The normalized spacial score (nSPS) is 17.4. The average Bonchev–Trinajstić information content (AvgIpc) is 3.10. The molecule has 3 aromatic carbocycles. The Morgan fingerprint density at radius 3 is 2.57 bits per heavy atom. The van der Waals surface area contributed by atoms with Crippen molar-refractivity contribution >= 4 is 40.8 Å². The van der Waals surface area contributed by atoms with E-state index in [0.29, 0.717) is 35.6 Å². The van der Waals surface area contributed by atoms with Crippen molar-refractivity contribution in [3.05, 3.63) is 94.1 Å². The van der Waals surface area contributed by atoms with Gasteiger partial charge in [-0.2, -0.15) is 0 Å². The Balaban J connectivity index is 1.64. The van der Waals surface area contributed by atoms with Gasteiger partial charge in [-0.15, -0.1) is 0 Å². The van der Waals surface area contributed by atoms with Crippen LogP contribution in [0.25, 0.3) is 0 Å². The van der Waals surface area contributed by atoms with E-state index in [1.54, 1.807) is 30.3 Å². The van der Waals surface area contributed by atoms with Crippen molar-refractivity contribution in [1.29, 1.82) is 0 Å². The number of amides is 2. The van der Waals surface area contributed by atoms with Gasteiger partial charge in [-0.1, -0.05) is 67.9 Å². The van der Waals surface area contributed by atoms with Crippen LogP contribution in [-0.4, -0.2) is 36.5 Å². The molecule has 3 aromatic rings. The van der Waals surface area contributed by atoms with Crippen LogP contribution in [0.5, 0.6) is 11.5 Å². The molecule has 5 rings (SSSR count). The van der Waals surface area contributed by atoms with Crippen LogP contribution in [0.4, 0.5) is 16.2 Å². The van der Waals surface area contributed by atoms with Crippen LogP contribution in [0.15, 0.2) is 78.0 Å². The number of phenolic OH excluding ortho intramolecular Hbond substituents is 1. The second-order valence-corrected chi connectivity index (χ2v) is 11.5. The first kappa shape index (κ1) is 29.0. The number of ketones is 1. The maximum absolute atomic E-state index is 13.9. The number of ether oxygens (including phenoxy) is 2. The number of likely N-dealkylation sites (N-methyl/N-ethyl adjacent to an activating group) is 1. The molecule has 2 amide bonds. The van der Waals surface area contributed by atoms with E-state index in [-0.39, 0.29) is 39.8 Å². The lowest BCUT2D eigenvalue weighted by Gasteiger charge is -2.37. The van der Waals surface area contributed by atoms with Crippen LogP contribution in [-0.2, 0) is 20.9 Å². The molecule has 10 heteroatoms. The molecule has 0 fully saturated rings. The summed E-state index contributed by atoms with van der Waals surface area (Å²) in [4.78, 5) is 40.9. The van der Waals surface area contributed by atoms with Gasteiger partial charge >= 0.3 is 6.09 Å². The van der Waals surface area contributed by atoms with E-state index >= 15 is 0 Å². The predicted octanol–water partition coefficient (Wildman–Crippen LogP) is 6.12. The van der Waals surface area contributed by atoms with E-state index < -0.39 is 24.6 Å². The molecule has 0 radical (unpaired) electrons. The molecule has 9 nitrogen and oxygen atoms in total. The second-order valence-electron chi connectivity index (χ2n) is 11.1. The van der Waals surface area contributed by atoms with Gasteiger partial charge in [-0.25, -0.2) is 4.79 Å². The lowest BCUT2D eigenvalue weighted by atomic mass is 9.73. The Hall–Kier alpha value is -4.50. The summed E-state index contributed by atoms with van der Waals surface area (Å²) in [6.45, 7) is 3.77. The fourth-order valence-electron chi connectivity index (χ4n) is 5.37. The van der Waals surface area contributed by atoms with E-state index in [0.717, 1.165) is 5.56 Å². The van der Waals surface area contributed by atoms with Gasteiger partial charge in [0.15, 0.2) is 12.4 Å². The van der Waals surface area contributed by atoms with Crippen molar-refractivity contribution in [2.45, 2.75) is 39.3 Å². The quantitative estimate of drug-likeness (QED) is 0.296. The number of nitrogens with one attached hydrogen (secondary N) is 2. The number of carbonyl (C=O) groups excluding carboxylic acids is 3. The number of halogens is 1. The number of fused-ring (bicyclic) bond motifs is 1. The zero-order valence-electron chi connectivity index (χ0n) is 23.6. The molecule has 1 aliphatic carbocycles. The highest BCUT2D eigenvalue weighted by Gasteiger charge is 2.45. The molecule has 0 bridgehead atoms. The maximum Gasteiger partial charge on any atom is 0.415 e. The molecule has 1 heterocycles. The second kappa shape index (κ2) is 11.8. The van der Waals surface area contributed by atoms with Gasteiger partial charge < -0.3 is 25.2 Å². The van der Waals surface area contributed by atoms with Gasteiger partial charge in [0.25, 0.3) is 5.91 Å². The van der Waals surface area contributed by atoms with Gasteiger partial charge in [-0.05, 0) is 47.2 Å². The molecular formula is C32H32ClN3O6. The summed E-state index contributed by atoms with van der Waals surface area (Å²) in [7, 11) is 1.43. The fraction of sp³-hybridized carbons (Fsp3) is 0.281. The van der Waals surface area contributed by atoms with Gasteiger partial charge in [0, 0.05) is 29.8 Å². The van der Waals surface area contributed by atoms with Crippen molar-refractivity contribution in [3.63, 3.8) is 0 Å². The summed E-state index contributed by atoms with van der Waals surface area (Å²) in [6.07, 6.45) is -0.164. The summed E-state index contributed by atoms with van der Waals surface area (Å²) in [6, 6.07) is 18.5. The molecule has 218 valence electrons. The van der Waals surface area contributed by atoms with E-state index in [2.05, 4.69) is 10.6 Å². The first-order valence-electron chi connectivity index (χ1n) is 13.6. The van der Waals surface area contributed by atoms with E-state index in [9.17, 15) is 19.5 Å². The van der Waals surface area contributed by atoms with Crippen molar-refractivity contribution in [1.82, 2.24) is 5.32 Å². The van der Waals surface area contributed by atoms with Gasteiger partial charge in [0.1, 0.15) is 23.8 Å². The Bertz CT molecular complexity index is 1570. The van der Waals surface area contributed by atoms with E-state index in [1.165, 1.54) is 18.0 Å². The fourth-order valence-corrected chi connectivity index (χ4v) is 5.64. The molecule has 0 saturated heterocycles. The number of hydrogen-bond donors (Lipinski definition) is 3. The highest BCUT2D eigenvalue weighted by Crippen LogP contribution is 2.51. The lowest BCUT2D eigenvalue weighted by molar-refractivity contribution is -0.123. The average molecular weight is 590 g/mol. The molecule has 1 aliphatic heterocycles. The van der Waals surface area contributed by atoms with Crippen molar-refractivity contribution < 1.29 is 29.0 Å². The number of nitrogens with zero attached hydrogens (tertiary/aromatic N) is 1. The van der Waals surface area contributed by atoms with Crippen LogP contribution in [0.2, 0.25) is 5.02 Å². The Morgan fingerprint density at radius 1 is 1.10 bits per heavy atom. The molecule has 42 heavy (non-hydrogen) atoms. The van der Waals surface area contributed by atoms with Gasteiger partial charge in [0.2, 0.25) is 0 Å². The van der Waals surface area contributed by atoms with Crippen molar-refractivity contribution in [2.24, 2.45) is 5.41 Å². The number of hydrogen-bond acceptors (Lipinski definition) is 7. The van der Waals surface area contributed by atoms with Crippen LogP contribution < -0.4 is 20.3 Å². The van der Waals surface area contributed by atoms with E-state index in [4.69, 9.17) is 21.1 Å². The Kier molecular flexibility index (Phi) is 8.13. The standard InChI is InChI=1S/C32H32ClN3O6/c1-32(2)15-23-28(26(38)16-32)30(21-13-12-20(14-22(21)33)41-17-19-8-5-4-6-9-19)36(31(40)42-18-27(39)34-3)24-10-7-11-25(37)29(24)35-23/h4-14,30,35,37H,15-18H2,1-3H3,(H,34,39). The minimum Gasteiger partial charge on any atom is -0.506 e. The van der Waals surface area contributed by atoms with Gasteiger partial charge in [-0.3, -0.25) is 14.5 Å². The monoisotopic (exact) mass is 589 g/mol. The summed E-state index contributed by atoms with van der Waals surface area (Å²) in [5.41, 5.74) is 2.49. The third-order valence-electron chi connectivity index (χ3n) is 7.32. The summed E-state index contributed by atoms with van der Waals surface area (Å²) in [5.74, 6) is -0.278. The van der Waals surface area contributed by atoms with Crippen LogP contribution in [0.1, 0.15) is 43.9 Å². The zero-order chi connectivity index (χ0) is 30.0. The molecule has 1 atom stereocenters. The number of anilines is 2. The number of allylic oxidation sites excluding steroid dienone is 1. The summed E-state index contributed by atoms with van der Waals surface area (Å²) < 4.78 is 11.4. The summed E-state index contributed by atoms with van der Waals surface area (Å²) >= 11 is 6.88. The third-order valence-corrected chi connectivity index (χ3v) is 7.65. The SMILES string of the molecule is CNC(=O)COC(=O)N1c2cccc(O)c2NC2=C(C(=O)CC(C)(C)C2)C1c1ccc(OCc2ccccc2)cc1Cl. The number of Topliss-reactive ketones (excluding diaryl/α,β-unsaturated/α-hetero) is 1. The van der Waals surface area contributed by atoms with Gasteiger partial charge in [0.05, 0.1) is 11.7 Å². The Morgan fingerprint density at radius 2 is 1.86 bits per heavy atom. The first-order chi connectivity index (χ1) is 20.1. The highest BCUT2D eigenvalue weighted by atomic mass is 35.5. The zero-order valence-corrected chi connectivity index (χ0v) is 24.3. The number of rotatable bonds is 6. The number of benzene rings is 3. The number of para-hydroxylation sites is 1. The lowest BCUT2D eigenvalue weighted by Crippen LogP contribution is -2.41. The molecule has 0 spiro atoms. The molecule has 2 aliphatic rings. The number of carbonyl (C=O) groups is 3. The van der Waals surface area contributed by atoms with Crippen molar-refractivity contribution in [3.8, 4) is 11.5 Å². The van der Waals surface area contributed by atoms with Crippen LogP contribution in [0, 0.1) is 5.41 Å². The van der Waals surface area contributed by atoms with E-state index in [1.807, 2.05) is 44.2 Å². The predicted molar refractivity (Wildman–Crippen MR) is 160 cm³/mol. The largest absolute Gasteiger partial charge is 0.506 e. The number of phenols is 1. The van der Waals surface area contributed by atoms with Crippen LogP contribution >= 0.6 is 11.6 Å². The van der Waals surface area contributed by atoms with Crippen LogP contribution in [0.3, 0.4) is 0 Å².